The molecule has 2 unspecified atom stereocenters. The Kier molecular flexibility index (Phi) is 2.78. The molecule has 0 bridgehead atoms. The van der Waals surface area contributed by atoms with Crippen LogP contribution in [0.15, 0.2) is 18.2 Å². The molecule has 2 aliphatic rings. The van der Waals surface area contributed by atoms with Gasteiger partial charge < -0.3 is 9.84 Å². The number of aliphatic hydroxyl groups excluding tert-OH is 1. The predicted octanol–water partition coefficient (Wildman–Crippen LogP) is 1.09. The largest absolute Gasteiger partial charge is 0.494 e. The van der Waals surface area contributed by atoms with Gasteiger partial charge in [-0.1, -0.05) is 0 Å². The van der Waals surface area contributed by atoms with Gasteiger partial charge in [0.1, 0.15) is 5.75 Å². The Morgan fingerprint density at radius 1 is 1.32 bits per heavy atom. The number of hydrogen-bond acceptors (Lipinski definition) is 4. The molecule has 2 atom stereocenters. The van der Waals surface area contributed by atoms with E-state index in [9.17, 15) is 14.7 Å². The number of benzene rings is 1. The summed E-state index contributed by atoms with van der Waals surface area (Å²) in [5.41, 5.74) is 1.11. The van der Waals surface area contributed by atoms with E-state index in [4.69, 9.17) is 4.74 Å². The first kappa shape index (κ1) is 12.2. The predicted molar refractivity (Wildman–Crippen MR) is 67.6 cm³/mol. The fourth-order valence-electron chi connectivity index (χ4n) is 2.56. The quantitative estimate of drug-likeness (QED) is 0.824. The average molecular weight is 261 g/mol. The first-order valence-corrected chi connectivity index (χ1v) is 6.41. The second-order valence-electron chi connectivity index (χ2n) is 4.84. The average Bonchev–Trinajstić information content (AvgIpc) is 3.16. The number of rotatable bonds is 4. The molecule has 5 heteroatoms. The minimum absolute atomic E-state index is 0.114. The zero-order valence-electron chi connectivity index (χ0n) is 10.6. The number of anilines is 1. The number of aliphatic hydroxyl groups is 1. The maximum Gasteiger partial charge on any atom is 0.237 e. The molecule has 100 valence electrons. The molecule has 1 aromatic rings. The molecular weight excluding hydrogens is 246 g/mol. The topological polar surface area (TPSA) is 66.8 Å². The summed E-state index contributed by atoms with van der Waals surface area (Å²) in [6.07, 6.45) is 0.693. The molecule has 2 amide bonds. The van der Waals surface area contributed by atoms with E-state index >= 15 is 0 Å². The Balaban J connectivity index is 1.93. The van der Waals surface area contributed by atoms with E-state index < -0.39 is 0 Å². The fourth-order valence-corrected chi connectivity index (χ4v) is 2.56. The summed E-state index contributed by atoms with van der Waals surface area (Å²) < 4.78 is 5.38. The van der Waals surface area contributed by atoms with Crippen molar-refractivity contribution in [3.05, 3.63) is 23.8 Å². The number of carbonyl (C=O) groups is 2. The molecule has 0 radical (unpaired) electrons. The van der Waals surface area contributed by atoms with E-state index in [1.807, 2.05) is 6.92 Å². The summed E-state index contributed by atoms with van der Waals surface area (Å²) >= 11 is 0. The summed E-state index contributed by atoms with van der Waals surface area (Å²) in [6, 6.07) is 5.02. The van der Waals surface area contributed by atoms with Crippen LogP contribution < -0.4 is 9.64 Å². The third-order valence-corrected chi connectivity index (χ3v) is 3.64. The summed E-state index contributed by atoms with van der Waals surface area (Å²) in [5, 5.41) is 9.34. The lowest BCUT2D eigenvalue weighted by Crippen LogP contribution is -2.32. The molecule has 5 nitrogen and oxygen atoms in total. The Morgan fingerprint density at radius 3 is 2.58 bits per heavy atom. The molecule has 1 aromatic carbocycles. The van der Waals surface area contributed by atoms with Gasteiger partial charge in [0, 0.05) is 5.56 Å². The van der Waals surface area contributed by atoms with Gasteiger partial charge >= 0.3 is 0 Å². The van der Waals surface area contributed by atoms with E-state index in [1.165, 1.54) is 4.90 Å². The van der Waals surface area contributed by atoms with E-state index in [2.05, 4.69) is 0 Å². The van der Waals surface area contributed by atoms with E-state index in [0.717, 1.165) is 0 Å². The molecule has 1 N–H and O–H groups in total. The Labute approximate surface area is 110 Å². The second kappa shape index (κ2) is 4.35. The lowest BCUT2D eigenvalue weighted by molar-refractivity contribution is -0.123. The van der Waals surface area contributed by atoms with Crippen LogP contribution in [0.3, 0.4) is 0 Å². The molecular formula is C14H15NO4. The van der Waals surface area contributed by atoms with Crippen LogP contribution in [0.2, 0.25) is 0 Å². The number of carbonyl (C=O) groups excluding carboxylic acids is 2. The highest BCUT2D eigenvalue weighted by Gasteiger charge is 2.59. The number of fused-ring (bicyclic) bond motifs is 1. The minimum atomic E-state index is -0.188. The second-order valence-corrected chi connectivity index (χ2v) is 4.84. The number of hydrogen-bond donors (Lipinski definition) is 1. The molecule has 1 aliphatic heterocycles. The maximum absolute atomic E-state index is 12.0. The summed E-state index contributed by atoms with van der Waals surface area (Å²) in [7, 11) is 0. The SMILES string of the molecule is CCOc1ccc(N2C(=O)C3CC3C2=O)cc1CO. The Morgan fingerprint density at radius 2 is 2.00 bits per heavy atom. The van der Waals surface area contributed by atoms with Crippen molar-refractivity contribution in [1.29, 1.82) is 0 Å². The van der Waals surface area contributed by atoms with Crippen LogP contribution in [0.1, 0.15) is 18.9 Å². The van der Waals surface area contributed by atoms with E-state index in [-0.39, 0.29) is 30.3 Å². The van der Waals surface area contributed by atoms with Crippen LogP contribution >= 0.6 is 0 Å². The summed E-state index contributed by atoms with van der Waals surface area (Å²) in [6.45, 7) is 2.17. The molecule has 0 aromatic heterocycles. The van der Waals surface area contributed by atoms with Crippen molar-refractivity contribution < 1.29 is 19.4 Å². The van der Waals surface area contributed by atoms with Gasteiger partial charge in [0.05, 0.1) is 30.7 Å². The smallest absolute Gasteiger partial charge is 0.237 e. The monoisotopic (exact) mass is 261 g/mol. The first-order valence-electron chi connectivity index (χ1n) is 6.41. The highest BCUT2D eigenvalue weighted by molar-refractivity contribution is 6.24. The molecule has 3 rings (SSSR count). The van der Waals surface area contributed by atoms with Gasteiger partial charge in [-0.25, -0.2) is 0 Å². The third kappa shape index (κ3) is 1.81. The van der Waals surface area contributed by atoms with Crippen LogP contribution in [-0.2, 0) is 16.2 Å². The zero-order chi connectivity index (χ0) is 13.6. The van der Waals surface area contributed by atoms with Crippen LogP contribution in [0.4, 0.5) is 5.69 Å². The first-order chi connectivity index (χ1) is 9.17. The van der Waals surface area contributed by atoms with Crippen LogP contribution in [0.25, 0.3) is 0 Å². The molecule has 1 aliphatic carbocycles. The Bertz CT molecular complexity index is 534. The molecule has 2 fully saturated rings. The molecule has 1 saturated heterocycles. The van der Waals surface area contributed by atoms with Crippen molar-refractivity contribution in [3.63, 3.8) is 0 Å². The van der Waals surface area contributed by atoms with Crippen molar-refractivity contribution in [2.45, 2.75) is 20.0 Å². The highest BCUT2D eigenvalue weighted by Crippen LogP contribution is 2.48. The third-order valence-electron chi connectivity index (χ3n) is 3.64. The van der Waals surface area contributed by atoms with Crippen LogP contribution in [-0.4, -0.2) is 23.5 Å². The number of nitrogens with zero attached hydrogens (tertiary/aromatic N) is 1. The molecule has 1 saturated carbocycles. The standard InChI is InChI=1S/C14H15NO4/c1-2-19-12-4-3-9(5-8(12)7-16)15-13(17)10-6-11(10)14(15)18/h3-5,10-11,16H,2,6-7H2,1H3. The van der Waals surface area contributed by atoms with Crippen molar-refractivity contribution in [2.75, 3.05) is 11.5 Å². The number of imide groups is 1. The lowest BCUT2D eigenvalue weighted by Gasteiger charge is -2.18. The van der Waals surface area contributed by atoms with Gasteiger partial charge in [0.2, 0.25) is 11.8 Å². The Hall–Kier alpha value is -1.88. The molecule has 1 heterocycles. The number of amides is 2. The minimum Gasteiger partial charge on any atom is -0.494 e. The van der Waals surface area contributed by atoms with E-state index in [0.29, 0.717) is 30.0 Å². The highest BCUT2D eigenvalue weighted by atomic mass is 16.5. The van der Waals surface area contributed by atoms with E-state index in [1.54, 1.807) is 18.2 Å². The van der Waals surface area contributed by atoms with Gasteiger partial charge in [-0.2, -0.15) is 0 Å². The normalized spacial score (nSPS) is 24.6. The summed E-state index contributed by atoms with van der Waals surface area (Å²) in [4.78, 5) is 25.2. The van der Waals surface area contributed by atoms with Crippen molar-refractivity contribution >= 4 is 17.5 Å². The number of ether oxygens (including phenoxy) is 1. The van der Waals surface area contributed by atoms with Gasteiger partial charge in [0.25, 0.3) is 0 Å². The van der Waals surface area contributed by atoms with Gasteiger partial charge in [-0.3, -0.25) is 14.5 Å². The fraction of sp³-hybridized carbons (Fsp3) is 0.429. The van der Waals surface area contributed by atoms with Crippen molar-refractivity contribution in [2.24, 2.45) is 11.8 Å². The lowest BCUT2D eigenvalue weighted by atomic mass is 10.1. The maximum atomic E-state index is 12.0. The number of piperidine rings is 1. The van der Waals surface area contributed by atoms with Crippen molar-refractivity contribution in [1.82, 2.24) is 0 Å². The summed E-state index contributed by atoms with van der Waals surface area (Å²) in [5.74, 6) is 0.109. The molecule has 19 heavy (non-hydrogen) atoms. The zero-order valence-corrected chi connectivity index (χ0v) is 10.6. The van der Waals surface area contributed by atoms with Crippen LogP contribution in [0, 0.1) is 11.8 Å². The van der Waals surface area contributed by atoms with Crippen LogP contribution in [0.5, 0.6) is 5.75 Å². The molecule has 0 spiro atoms. The van der Waals surface area contributed by atoms with Crippen molar-refractivity contribution in [3.8, 4) is 5.75 Å². The van der Waals surface area contributed by atoms with Gasteiger partial charge in [-0.15, -0.1) is 0 Å². The van der Waals surface area contributed by atoms with Gasteiger partial charge in [0.15, 0.2) is 0 Å². The van der Waals surface area contributed by atoms with Gasteiger partial charge in [-0.05, 0) is 31.5 Å².